The Morgan fingerprint density at radius 1 is 1.28 bits per heavy atom. The van der Waals surface area contributed by atoms with E-state index in [2.05, 4.69) is 37.3 Å². The third-order valence-corrected chi connectivity index (χ3v) is 6.33. The monoisotopic (exact) mass is 393 g/mol. The molecule has 6 rings (SSSR count). The van der Waals surface area contributed by atoms with Gasteiger partial charge in [-0.25, -0.2) is 0 Å². The predicted octanol–water partition coefficient (Wildman–Crippen LogP) is 1.26. The molecule has 29 heavy (non-hydrogen) atoms. The molecule has 4 fully saturated rings. The van der Waals surface area contributed by atoms with Crippen LogP contribution in [0.4, 0.5) is 0 Å². The molecule has 152 valence electrons. The van der Waals surface area contributed by atoms with Crippen LogP contribution >= 0.6 is 0 Å². The average Bonchev–Trinajstić information content (AvgIpc) is 3.18. The minimum absolute atomic E-state index is 0.122. The summed E-state index contributed by atoms with van der Waals surface area (Å²) in [6.07, 6.45) is 5.29. The Morgan fingerprint density at radius 2 is 2.10 bits per heavy atom. The SMILES string of the molecule is O=C(NC1CC2CCN1CC2)c1nccc2oc(C#CCN3CCNCC3)cc12. The molecule has 1 unspecified atom stereocenters. The number of carbonyl (C=O) groups excluding carboxylic acids is 1. The largest absolute Gasteiger partial charge is 0.448 e. The second-order valence-corrected chi connectivity index (χ2v) is 8.21. The van der Waals surface area contributed by atoms with Gasteiger partial charge < -0.3 is 15.1 Å². The fourth-order valence-electron chi connectivity index (χ4n) is 4.65. The van der Waals surface area contributed by atoms with Crippen LogP contribution in [-0.2, 0) is 0 Å². The zero-order valence-corrected chi connectivity index (χ0v) is 16.6. The van der Waals surface area contributed by atoms with E-state index in [1.165, 1.54) is 12.8 Å². The molecule has 2 aromatic heterocycles. The number of nitrogens with one attached hydrogen (secondary N) is 2. The second-order valence-electron chi connectivity index (χ2n) is 8.21. The molecule has 0 aromatic carbocycles. The van der Waals surface area contributed by atoms with Gasteiger partial charge in [-0.15, -0.1) is 0 Å². The molecule has 4 aliphatic rings. The van der Waals surface area contributed by atoms with Crippen molar-refractivity contribution in [2.24, 2.45) is 5.92 Å². The van der Waals surface area contributed by atoms with Crippen LogP contribution < -0.4 is 10.6 Å². The molecule has 1 amide bonds. The van der Waals surface area contributed by atoms with Gasteiger partial charge in [-0.05, 0) is 37.2 Å². The summed E-state index contributed by atoms with van der Waals surface area (Å²) in [6, 6.07) is 3.63. The van der Waals surface area contributed by atoms with E-state index in [1.807, 2.05) is 6.07 Å². The van der Waals surface area contributed by atoms with Crippen molar-refractivity contribution in [2.75, 3.05) is 45.8 Å². The van der Waals surface area contributed by atoms with Crippen LogP contribution in [0.1, 0.15) is 35.5 Å². The number of aromatic nitrogens is 1. The van der Waals surface area contributed by atoms with Gasteiger partial charge in [0.05, 0.1) is 18.1 Å². The van der Waals surface area contributed by atoms with Gasteiger partial charge in [-0.3, -0.25) is 19.6 Å². The van der Waals surface area contributed by atoms with Crippen LogP contribution in [0.25, 0.3) is 11.0 Å². The number of rotatable bonds is 3. The smallest absolute Gasteiger partial charge is 0.271 e. The summed E-state index contributed by atoms with van der Waals surface area (Å²) in [6.45, 7) is 6.93. The summed E-state index contributed by atoms with van der Waals surface area (Å²) < 4.78 is 5.85. The highest BCUT2D eigenvalue weighted by atomic mass is 16.3. The number of nitrogens with zero attached hydrogens (tertiary/aromatic N) is 3. The Labute approximate surface area is 170 Å². The zero-order chi connectivity index (χ0) is 19.6. The number of carbonyl (C=O) groups is 1. The number of pyridine rings is 1. The molecular weight excluding hydrogens is 366 g/mol. The zero-order valence-electron chi connectivity index (χ0n) is 16.6. The molecule has 2 bridgehead atoms. The fraction of sp³-hybridized carbons (Fsp3) is 0.545. The van der Waals surface area contributed by atoms with Crippen LogP contribution in [0, 0.1) is 17.8 Å². The summed E-state index contributed by atoms with van der Waals surface area (Å²) in [5.41, 5.74) is 1.08. The molecule has 4 aliphatic heterocycles. The quantitative estimate of drug-likeness (QED) is 0.765. The van der Waals surface area contributed by atoms with Crippen molar-refractivity contribution in [3.05, 3.63) is 29.8 Å². The Balaban J connectivity index is 1.30. The van der Waals surface area contributed by atoms with E-state index >= 15 is 0 Å². The van der Waals surface area contributed by atoms with Gasteiger partial charge in [-0.1, -0.05) is 5.92 Å². The minimum atomic E-state index is -0.130. The molecule has 0 saturated carbocycles. The second kappa shape index (κ2) is 8.15. The molecule has 1 atom stereocenters. The molecule has 0 aliphatic carbocycles. The number of amides is 1. The number of hydrogen-bond acceptors (Lipinski definition) is 6. The van der Waals surface area contributed by atoms with Crippen molar-refractivity contribution < 1.29 is 9.21 Å². The maximum atomic E-state index is 12.9. The summed E-state index contributed by atoms with van der Waals surface area (Å²) in [4.78, 5) is 22.0. The topological polar surface area (TPSA) is 73.6 Å². The molecule has 0 radical (unpaired) electrons. The minimum Gasteiger partial charge on any atom is -0.448 e. The van der Waals surface area contributed by atoms with E-state index in [0.717, 1.165) is 63.5 Å². The summed E-state index contributed by atoms with van der Waals surface area (Å²) >= 11 is 0. The molecule has 7 nitrogen and oxygen atoms in total. The summed E-state index contributed by atoms with van der Waals surface area (Å²) in [5, 5.41) is 7.26. The van der Waals surface area contributed by atoms with E-state index in [-0.39, 0.29) is 12.1 Å². The van der Waals surface area contributed by atoms with Crippen molar-refractivity contribution in [3.8, 4) is 11.8 Å². The third kappa shape index (κ3) is 4.01. The average molecular weight is 393 g/mol. The van der Waals surface area contributed by atoms with Gasteiger partial charge in [0.1, 0.15) is 11.3 Å². The van der Waals surface area contributed by atoms with E-state index in [0.29, 0.717) is 17.0 Å². The lowest BCUT2D eigenvalue weighted by molar-refractivity contribution is 0.0294. The molecule has 4 saturated heterocycles. The Hall–Kier alpha value is -2.40. The first-order chi connectivity index (χ1) is 14.3. The Kier molecular flexibility index (Phi) is 5.23. The normalized spacial score (nSPS) is 26.8. The standard InChI is InChI=1S/C22H27N5O2/c28-22(25-20-14-16-4-10-27(20)11-5-16)21-18-15-17(29-19(18)3-6-24-21)2-1-9-26-12-7-23-8-13-26/h3,6,15-16,20,23H,4-5,7-14H2,(H,25,28). The molecular formula is C22H27N5O2. The van der Waals surface area contributed by atoms with Crippen molar-refractivity contribution in [1.29, 1.82) is 0 Å². The van der Waals surface area contributed by atoms with Gasteiger partial charge in [0.25, 0.3) is 5.91 Å². The van der Waals surface area contributed by atoms with Crippen molar-refractivity contribution in [2.45, 2.75) is 25.4 Å². The third-order valence-electron chi connectivity index (χ3n) is 6.33. The van der Waals surface area contributed by atoms with Crippen LogP contribution in [0.15, 0.2) is 22.7 Å². The van der Waals surface area contributed by atoms with Crippen molar-refractivity contribution in [3.63, 3.8) is 0 Å². The molecule has 6 heterocycles. The number of hydrogen-bond donors (Lipinski definition) is 2. The van der Waals surface area contributed by atoms with Gasteiger partial charge >= 0.3 is 0 Å². The van der Waals surface area contributed by atoms with Gasteiger partial charge in [0, 0.05) is 51.5 Å². The molecule has 0 spiro atoms. The van der Waals surface area contributed by atoms with Crippen LogP contribution in [0.2, 0.25) is 0 Å². The lowest BCUT2D eigenvalue weighted by atomic mass is 9.86. The van der Waals surface area contributed by atoms with Crippen molar-refractivity contribution >= 4 is 16.9 Å². The van der Waals surface area contributed by atoms with Gasteiger partial charge in [0.2, 0.25) is 0 Å². The Morgan fingerprint density at radius 3 is 2.86 bits per heavy atom. The summed E-state index contributed by atoms with van der Waals surface area (Å²) in [5.74, 6) is 7.48. The van der Waals surface area contributed by atoms with E-state index in [4.69, 9.17) is 4.42 Å². The highest BCUT2D eigenvalue weighted by molar-refractivity contribution is 6.04. The lowest BCUT2D eigenvalue weighted by Crippen LogP contribution is -2.56. The van der Waals surface area contributed by atoms with E-state index in [9.17, 15) is 4.79 Å². The lowest BCUT2D eigenvalue weighted by Gasteiger charge is -2.45. The fourth-order valence-corrected chi connectivity index (χ4v) is 4.65. The first-order valence-electron chi connectivity index (χ1n) is 10.6. The number of furan rings is 1. The molecule has 7 heteroatoms. The number of piperazine rings is 1. The van der Waals surface area contributed by atoms with E-state index in [1.54, 1.807) is 12.3 Å². The van der Waals surface area contributed by atoms with Crippen molar-refractivity contribution in [1.82, 2.24) is 25.4 Å². The van der Waals surface area contributed by atoms with E-state index < -0.39 is 0 Å². The first kappa shape index (κ1) is 18.6. The maximum Gasteiger partial charge on any atom is 0.271 e. The maximum absolute atomic E-state index is 12.9. The van der Waals surface area contributed by atoms with Gasteiger partial charge in [-0.2, -0.15) is 0 Å². The molecule has 2 N–H and O–H groups in total. The highest BCUT2D eigenvalue weighted by Crippen LogP contribution is 2.31. The summed E-state index contributed by atoms with van der Waals surface area (Å²) in [7, 11) is 0. The molecule has 2 aromatic rings. The number of fused-ring (bicyclic) bond motifs is 4. The number of piperidine rings is 3. The predicted molar refractivity (Wildman–Crippen MR) is 110 cm³/mol. The van der Waals surface area contributed by atoms with Crippen LogP contribution in [-0.4, -0.2) is 72.7 Å². The van der Waals surface area contributed by atoms with Crippen LogP contribution in [0.5, 0.6) is 0 Å². The highest BCUT2D eigenvalue weighted by Gasteiger charge is 2.34. The first-order valence-corrected chi connectivity index (χ1v) is 10.6. The Bertz CT molecular complexity index is 945. The van der Waals surface area contributed by atoms with Crippen LogP contribution in [0.3, 0.4) is 0 Å². The van der Waals surface area contributed by atoms with Gasteiger partial charge in [0.15, 0.2) is 5.76 Å².